The molecule has 1 aliphatic rings. The van der Waals surface area contributed by atoms with Crippen molar-refractivity contribution in [2.24, 2.45) is 0 Å². The Kier molecular flexibility index (Phi) is 4.21. The third-order valence-corrected chi connectivity index (χ3v) is 4.36. The summed E-state index contributed by atoms with van der Waals surface area (Å²) < 4.78 is 37.5. The Balaban J connectivity index is 1.77. The Morgan fingerprint density at radius 1 is 1.50 bits per heavy atom. The minimum absolute atomic E-state index is 0.424. The molecule has 0 radical (unpaired) electrons. The number of amides is 1. The summed E-state index contributed by atoms with van der Waals surface area (Å²) in [6.45, 7) is 3.20. The normalized spacial score (nSPS) is 21.0. The van der Waals surface area contributed by atoms with E-state index in [2.05, 4.69) is 10.6 Å². The first-order valence-corrected chi connectivity index (χ1v) is 7.79. The lowest BCUT2D eigenvalue weighted by molar-refractivity contribution is -0.124. The van der Waals surface area contributed by atoms with Gasteiger partial charge in [-0.1, -0.05) is 0 Å². The number of methoxy groups -OCH3 is 1. The Morgan fingerprint density at radius 2 is 2.25 bits per heavy atom. The second-order valence-corrected chi connectivity index (χ2v) is 6.18. The van der Waals surface area contributed by atoms with Crippen LogP contribution < -0.4 is 15.4 Å². The highest BCUT2D eigenvalue weighted by atomic mass is 19.3. The maximum atomic E-state index is 13.2. The molecule has 1 aliphatic heterocycles. The molecular weight excluding hydrogens is 318 g/mol. The standard InChI is InChI=1S/C17H20F2N2O3/c1-9-12-6-11(23-3)4-5-14(12)24-15(9)10(2)21-16(22)13-7-17(18,19)8-20-13/h4-6,10,13,20H,7-8H2,1-3H3,(H,21,22). The molecule has 1 saturated heterocycles. The zero-order valence-corrected chi connectivity index (χ0v) is 13.8. The van der Waals surface area contributed by atoms with Crippen LogP contribution in [0.2, 0.25) is 0 Å². The van der Waals surface area contributed by atoms with Gasteiger partial charge in [-0.3, -0.25) is 10.1 Å². The highest BCUT2D eigenvalue weighted by molar-refractivity contribution is 5.85. The number of rotatable bonds is 4. The minimum Gasteiger partial charge on any atom is -0.497 e. The lowest BCUT2D eigenvalue weighted by atomic mass is 10.1. The first-order valence-electron chi connectivity index (χ1n) is 7.79. The van der Waals surface area contributed by atoms with Crippen LogP contribution in [-0.4, -0.2) is 31.5 Å². The zero-order chi connectivity index (χ0) is 17.5. The van der Waals surface area contributed by atoms with E-state index in [1.807, 2.05) is 13.0 Å². The van der Waals surface area contributed by atoms with Crippen molar-refractivity contribution >= 4 is 16.9 Å². The van der Waals surface area contributed by atoms with E-state index >= 15 is 0 Å². The molecule has 2 heterocycles. The van der Waals surface area contributed by atoms with Crippen molar-refractivity contribution in [2.45, 2.75) is 38.3 Å². The number of benzene rings is 1. The number of halogens is 2. The number of nitrogens with one attached hydrogen (secondary N) is 2. The summed E-state index contributed by atoms with van der Waals surface area (Å²) >= 11 is 0. The maximum Gasteiger partial charge on any atom is 0.262 e. The van der Waals surface area contributed by atoms with Crippen LogP contribution in [0.4, 0.5) is 8.78 Å². The lowest BCUT2D eigenvalue weighted by Crippen LogP contribution is -2.41. The average Bonchev–Trinajstić information content (AvgIpc) is 3.07. The summed E-state index contributed by atoms with van der Waals surface area (Å²) in [4.78, 5) is 12.2. The number of ether oxygens (including phenoxy) is 1. The molecule has 0 bridgehead atoms. The summed E-state index contributed by atoms with van der Waals surface area (Å²) in [5.41, 5.74) is 1.58. The number of hydrogen-bond acceptors (Lipinski definition) is 4. The van der Waals surface area contributed by atoms with Crippen molar-refractivity contribution in [1.29, 1.82) is 0 Å². The van der Waals surface area contributed by atoms with E-state index in [4.69, 9.17) is 9.15 Å². The number of furan rings is 1. The van der Waals surface area contributed by atoms with Gasteiger partial charge in [0.25, 0.3) is 5.92 Å². The number of fused-ring (bicyclic) bond motifs is 1. The van der Waals surface area contributed by atoms with E-state index in [1.165, 1.54) is 0 Å². The first-order chi connectivity index (χ1) is 11.3. The number of hydrogen-bond donors (Lipinski definition) is 2. The molecule has 130 valence electrons. The highest BCUT2D eigenvalue weighted by Crippen LogP contribution is 2.32. The molecule has 24 heavy (non-hydrogen) atoms. The maximum absolute atomic E-state index is 13.2. The molecule has 2 unspecified atom stereocenters. The van der Waals surface area contributed by atoms with Crippen LogP contribution in [0.3, 0.4) is 0 Å². The van der Waals surface area contributed by atoms with Crippen molar-refractivity contribution in [3.8, 4) is 5.75 Å². The SMILES string of the molecule is COc1ccc2oc(C(C)NC(=O)C3CC(F)(F)CN3)c(C)c2c1. The van der Waals surface area contributed by atoms with Gasteiger partial charge in [0.15, 0.2) is 0 Å². The largest absolute Gasteiger partial charge is 0.497 e. The quantitative estimate of drug-likeness (QED) is 0.900. The molecule has 3 rings (SSSR count). The van der Waals surface area contributed by atoms with Gasteiger partial charge in [0, 0.05) is 17.4 Å². The van der Waals surface area contributed by atoms with Gasteiger partial charge in [0.05, 0.1) is 25.7 Å². The van der Waals surface area contributed by atoms with Crippen molar-refractivity contribution in [3.63, 3.8) is 0 Å². The smallest absolute Gasteiger partial charge is 0.262 e. The monoisotopic (exact) mass is 338 g/mol. The molecule has 2 N–H and O–H groups in total. The van der Waals surface area contributed by atoms with Gasteiger partial charge in [-0.2, -0.15) is 0 Å². The van der Waals surface area contributed by atoms with E-state index in [0.717, 1.165) is 10.9 Å². The van der Waals surface area contributed by atoms with E-state index in [1.54, 1.807) is 26.2 Å². The topological polar surface area (TPSA) is 63.5 Å². The van der Waals surface area contributed by atoms with Gasteiger partial charge < -0.3 is 14.5 Å². The predicted molar refractivity (Wildman–Crippen MR) is 85.4 cm³/mol. The summed E-state index contributed by atoms with van der Waals surface area (Å²) in [5.74, 6) is -1.96. The zero-order valence-electron chi connectivity index (χ0n) is 13.8. The second-order valence-electron chi connectivity index (χ2n) is 6.18. The Labute approximate surface area is 138 Å². The van der Waals surface area contributed by atoms with E-state index in [-0.39, 0.29) is 0 Å². The summed E-state index contributed by atoms with van der Waals surface area (Å²) in [7, 11) is 1.59. The molecule has 2 atom stereocenters. The summed E-state index contributed by atoms with van der Waals surface area (Å²) in [5, 5.41) is 6.20. The van der Waals surface area contributed by atoms with Crippen LogP contribution in [0, 0.1) is 6.92 Å². The van der Waals surface area contributed by atoms with Crippen LogP contribution in [0.1, 0.15) is 30.7 Å². The van der Waals surface area contributed by atoms with Gasteiger partial charge in [-0.25, -0.2) is 8.78 Å². The fraction of sp³-hybridized carbons (Fsp3) is 0.471. The number of aryl methyl sites for hydroxylation is 1. The molecule has 0 aliphatic carbocycles. The second kappa shape index (κ2) is 6.05. The summed E-state index contributed by atoms with van der Waals surface area (Å²) in [6, 6.07) is 4.16. The molecule has 0 saturated carbocycles. The van der Waals surface area contributed by atoms with Crippen molar-refractivity contribution in [3.05, 3.63) is 29.5 Å². The fourth-order valence-corrected chi connectivity index (χ4v) is 3.04. The van der Waals surface area contributed by atoms with Crippen LogP contribution in [0.25, 0.3) is 11.0 Å². The van der Waals surface area contributed by atoms with Crippen molar-refractivity contribution in [2.75, 3.05) is 13.7 Å². The molecule has 1 aromatic carbocycles. The Morgan fingerprint density at radius 3 is 2.88 bits per heavy atom. The van der Waals surface area contributed by atoms with Crippen molar-refractivity contribution < 1.29 is 22.7 Å². The van der Waals surface area contributed by atoms with Gasteiger partial charge >= 0.3 is 0 Å². The third-order valence-electron chi connectivity index (χ3n) is 4.36. The van der Waals surface area contributed by atoms with E-state index in [9.17, 15) is 13.6 Å². The van der Waals surface area contributed by atoms with Crippen molar-refractivity contribution in [1.82, 2.24) is 10.6 Å². The Hall–Kier alpha value is -2.15. The molecular formula is C17H20F2N2O3. The summed E-state index contributed by atoms with van der Waals surface area (Å²) in [6.07, 6.45) is -0.484. The molecule has 7 heteroatoms. The number of alkyl halides is 2. The molecule has 1 amide bonds. The minimum atomic E-state index is -2.84. The van der Waals surface area contributed by atoms with Crippen LogP contribution in [-0.2, 0) is 4.79 Å². The van der Waals surface area contributed by atoms with Crippen LogP contribution >= 0.6 is 0 Å². The molecule has 1 aromatic heterocycles. The van der Waals surface area contributed by atoms with Crippen LogP contribution in [0.15, 0.2) is 22.6 Å². The molecule has 0 spiro atoms. The third kappa shape index (κ3) is 3.08. The average molecular weight is 338 g/mol. The molecule has 5 nitrogen and oxygen atoms in total. The van der Waals surface area contributed by atoms with Gasteiger partial charge in [0.1, 0.15) is 17.1 Å². The van der Waals surface area contributed by atoms with Crippen LogP contribution in [0.5, 0.6) is 5.75 Å². The van der Waals surface area contributed by atoms with E-state index < -0.39 is 36.9 Å². The fourth-order valence-electron chi connectivity index (χ4n) is 3.04. The lowest BCUT2D eigenvalue weighted by Gasteiger charge is -2.16. The van der Waals surface area contributed by atoms with Gasteiger partial charge in [0.2, 0.25) is 5.91 Å². The van der Waals surface area contributed by atoms with E-state index in [0.29, 0.717) is 17.1 Å². The molecule has 2 aromatic rings. The Bertz CT molecular complexity index is 773. The highest BCUT2D eigenvalue weighted by Gasteiger charge is 2.42. The number of carbonyl (C=O) groups excluding carboxylic acids is 1. The first kappa shape index (κ1) is 16.7. The predicted octanol–water partition coefficient (Wildman–Crippen LogP) is 2.92. The van der Waals surface area contributed by atoms with Gasteiger partial charge in [-0.15, -0.1) is 0 Å². The molecule has 1 fully saturated rings. The van der Waals surface area contributed by atoms with Gasteiger partial charge in [-0.05, 0) is 32.0 Å². The number of carbonyl (C=O) groups is 1.